The number of benzene rings is 2. The summed E-state index contributed by atoms with van der Waals surface area (Å²) in [5.74, 6) is -1.24. The second-order valence-corrected chi connectivity index (χ2v) is 11.1. The fourth-order valence-electron chi connectivity index (χ4n) is 5.09. The number of thioether (sulfide) groups is 1. The normalized spacial score (nSPS) is 24.3. The molecule has 2 aromatic carbocycles. The van der Waals surface area contributed by atoms with E-state index < -0.39 is 5.97 Å². The van der Waals surface area contributed by atoms with Crippen LogP contribution in [-0.4, -0.2) is 38.7 Å². The van der Waals surface area contributed by atoms with Gasteiger partial charge in [0.15, 0.2) is 0 Å². The number of anilines is 1. The van der Waals surface area contributed by atoms with Crippen LogP contribution >= 0.6 is 24.0 Å². The van der Waals surface area contributed by atoms with Crippen LogP contribution in [0.25, 0.3) is 5.57 Å². The molecule has 6 nitrogen and oxygen atoms in total. The molecule has 1 saturated heterocycles. The lowest BCUT2D eigenvalue weighted by molar-refractivity contribution is -0.143. The Morgan fingerprint density at radius 3 is 2.37 bits per heavy atom. The summed E-state index contributed by atoms with van der Waals surface area (Å²) in [6, 6.07) is 15.7. The Bertz CT molecular complexity index is 1250. The standard InChI is InChI=1S/C27H26N2O4S2/c1-16-6-8-17(9-7-16)14-28-21-5-3-2-4-20(21)22(24(28)30)23-25(31)29(27(34)35-23)15-18-10-12-19(13-11-18)26(32)33/h2-9,18-19H,10-15H2,1H3,(H,32,33)/b23-22-. The maximum atomic E-state index is 13.7. The van der Waals surface area contributed by atoms with Crippen molar-refractivity contribution in [2.24, 2.45) is 11.8 Å². The molecule has 1 saturated carbocycles. The molecule has 0 unspecified atom stereocenters. The molecule has 0 aromatic heterocycles. The van der Waals surface area contributed by atoms with E-state index in [2.05, 4.69) is 0 Å². The number of nitrogens with zero attached hydrogens (tertiary/aromatic N) is 2. The molecule has 3 aliphatic rings. The van der Waals surface area contributed by atoms with Crippen molar-refractivity contribution >= 4 is 57.3 Å². The molecular weight excluding hydrogens is 480 g/mol. The Hall–Kier alpha value is -2.97. The van der Waals surface area contributed by atoms with Crippen LogP contribution < -0.4 is 4.90 Å². The molecular formula is C27H26N2O4S2. The zero-order valence-corrected chi connectivity index (χ0v) is 21.0. The zero-order chi connectivity index (χ0) is 24.7. The van der Waals surface area contributed by atoms with Crippen LogP contribution in [0, 0.1) is 18.8 Å². The molecule has 5 rings (SSSR count). The van der Waals surface area contributed by atoms with Crippen molar-refractivity contribution < 1.29 is 19.5 Å². The Morgan fingerprint density at radius 1 is 1.00 bits per heavy atom. The molecule has 2 amide bonds. The van der Waals surface area contributed by atoms with Crippen molar-refractivity contribution in [1.82, 2.24) is 4.90 Å². The minimum Gasteiger partial charge on any atom is -0.481 e. The van der Waals surface area contributed by atoms with Gasteiger partial charge in [-0.25, -0.2) is 0 Å². The molecule has 2 aliphatic heterocycles. The van der Waals surface area contributed by atoms with Gasteiger partial charge in [0.05, 0.1) is 28.6 Å². The summed E-state index contributed by atoms with van der Waals surface area (Å²) in [5.41, 5.74) is 4.15. The fourth-order valence-corrected chi connectivity index (χ4v) is 6.44. The van der Waals surface area contributed by atoms with Gasteiger partial charge in [-0.15, -0.1) is 0 Å². The third kappa shape index (κ3) is 4.52. The first-order chi connectivity index (χ1) is 16.8. The second kappa shape index (κ2) is 9.59. The van der Waals surface area contributed by atoms with Gasteiger partial charge in [-0.3, -0.25) is 19.3 Å². The predicted molar refractivity (Wildman–Crippen MR) is 141 cm³/mol. The number of carboxylic acid groups (broad SMARTS) is 1. The van der Waals surface area contributed by atoms with Crippen LogP contribution in [0.15, 0.2) is 53.4 Å². The maximum Gasteiger partial charge on any atom is 0.306 e. The summed E-state index contributed by atoms with van der Waals surface area (Å²) in [7, 11) is 0. The van der Waals surface area contributed by atoms with Gasteiger partial charge in [0, 0.05) is 12.1 Å². The van der Waals surface area contributed by atoms with Gasteiger partial charge in [-0.2, -0.15) is 0 Å². The highest BCUT2D eigenvalue weighted by molar-refractivity contribution is 8.26. The van der Waals surface area contributed by atoms with E-state index in [-0.39, 0.29) is 23.7 Å². The van der Waals surface area contributed by atoms with E-state index in [1.54, 1.807) is 9.80 Å². The number of para-hydroxylation sites is 1. The number of fused-ring (bicyclic) bond motifs is 1. The third-order valence-electron chi connectivity index (χ3n) is 7.10. The first-order valence-corrected chi connectivity index (χ1v) is 13.0. The lowest BCUT2D eigenvalue weighted by atomic mass is 9.82. The Kier molecular flexibility index (Phi) is 6.51. The number of aryl methyl sites for hydroxylation is 1. The van der Waals surface area contributed by atoms with E-state index in [0.29, 0.717) is 40.7 Å². The molecule has 1 aliphatic carbocycles. The maximum absolute atomic E-state index is 13.7. The molecule has 8 heteroatoms. The van der Waals surface area contributed by atoms with Crippen molar-refractivity contribution in [3.63, 3.8) is 0 Å². The average Bonchev–Trinajstić information content (AvgIpc) is 3.28. The monoisotopic (exact) mass is 506 g/mol. The molecule has 2 fully saturated rings. The number of thiocarbonyl (C=S) groups is 1. The number of hydrogen-bond acceptors (Lipinski definition) is 5. The quantitative estimate of drug-likeness (QED) is 0.454. The van der Waals surface area contributed by atoms with E-state index in [1.807, 2.05) is 55.5 Å². The average molecular weight is 507 g/mol. The first-order valence-electron chi connectivity index (χ1n) is 11.8. The smallest absolute Gasteiger partial charge is 0.306 e. The van der Waals surface area contributed by atoms with Gasteiger partial charge in [0.25, 0.3) is 11.8 Å². The summed E-state index contributed by atoms with van der Waals surface area (Å²) >= 11 is 6.76. The van der Waals surface area contributed by atoms with Gasteiger partial charge >= 0.3 is 5.97 Å². The van der Waals surface area contributed by atoms with Crippen molar-refractivity contribution in [2.75, 3.05) is 11.4 Å². The van der Waals surface area contributed by atoms with E-state index in [1.165, 1.54) is 11.8 Å². The van der Waals surface area contributed by atoms with Gasteiger partial charge in [0.1, 0.15) is 4.32 Å². The van der Waals surface area contributed by atoms with Gasteiger partial charge < -0.3 is 10.0 Å². The van der Waals surface area contributed by atoms with Crippen molar-refractivity contribution in [1.29, 1.82) is 0 Å². The molecule has 0 spiro atoms. The van der Waals surface area contributed by atoms with Crippen LogP contribution in [0.1, 0.15) is 42.4 Å². The fraction of sp³-hybridized carbons (Fsp3) is 0.333. The molecule has 2 heterocycles. The molecule has 1 N–H and O–H groups in total. The van der Waals surface area contributed by atoms with Crippen LogP contribution in [-0.2, 0) is 20.9 Å². The number of carbonyl (C=O) groups is 3. The van der Waals surface area contributed by atoms with Crippen LogP contribution in [0.2, 0.25) is 0 Å². The largest absolute Gasteiger partial charge is 0.481 e. The summed E-state index contributed by atoms with van der Waals surface area (Å²) < 4.78 is 0.458. The topological polar surface area (TPSA) is 77.9 Å². The highest BCUT2D eigenvalue weighted by Gasteiger charge is 2.42. The van der Waals surface area contributed by atoms with E-state index in [9.17, 15) is 19.5 Å². The SMILES string of the molecule is Cc1ccc(CN2C(=O)/C(=C3\SC(=S)N(CC4CCC(C(=O)O)CC4)C3=O)c3ccccc32)cc1. The second-order valence-electron chi connectivity index (χ2n) is 9.44. The Labute approximate surface area is 214 Å². The molecule has 35 heavy (non-hydrogen) atoms. The molecule has 180 valence electrons. The van der Waals surface area contributed by atoms with E-state index >= 15 is 0 Å². The summed E-state index contributed by atoms with van der Waals surface area (Å²) in [5, 5.41) is 9.25. The van der Waals surface area contributed by atoms with Crippen molar-refractivity contribution in [2.45, 2.75) is 39.2 Å². The third-order valence-corrected chi connectivity index (χ3v) is 8.55. The Balaban J connectivity index is 1.40. The van der Waals surface area contributed by atoms with Crippen molar-refractivity contribution in [3.8, 4) is 0 Å². The predicted octanol–water partition coefficient (Wildman–Crippen LogP) is 5.00. The minimum atomic E-state index is -0.743. The van der Waals surface area contributed by atoms with E-state index in [0.717, 1.165) is 35.2 Å². The van der Waals surface area contributed by atoms with Crippen LogP contribution in [0.5, 0.6) is 0 Å². The first kappa shape index (κ1) is 23.8. The molecule has 0 bridgehead atoms. The summed E-state index contributed by atoms with van der Waals surface area (Å²) in [6.07, 6.45) is 2.75. The highest BCUT2D eigenvalue weighted by atomic mass is 32.2. The summed E-state index contributed by atoms with van der Waals surface area (Å²) in [6.45, 7) is 2.92. The molecule has 0 radical (unpaired) electrons. The lowest BCUT2D eigenvalue weighted by Gasteiger charge is -2.29. The number of amides is 2. The number of aliphatic carboxylic acids is 1. The summed E-state index contributed by atoms with van der Waals surface area (Å²) in [4.78, 5) is 42.1. The zero-order valence-electron chi connectivity index (χ0n) is 19.4. The highest BCUT2D eigenvalue weighted by Crippen LogP contribution is 2.45. The van der Waals surface area contributed by atoms with Gasteiger partial charge in [-0.1, -0.05) is 72.0 Å². The van der Waals surface area contributed by atoms with Gasteiger partial charge in [0.2, 0.25) is 0 Å². The molecule has 0 atom stereocenters. The minimum absolute atomic E-state index is 0.186. The number of rotatable bonds is 5. The number of carbonyl (C=O) groups excluding carboxylic acids is 2. The van der Waals surface area contributed by atoms with E-state index in [4.69, 9.17) is 12.2 Å². The number of hydrogen-bond donors (Lipinski definition) is 1. The number of carboxylic acids is 1. The van der Waals surface area contributed by atoms with Crippen LogP contribution in [0.4, 0.5) is 5.69 Å². The van der Waals surface area contributed by atoms with Crippen LogP contribution in [0.3, 0.4) is 0 Å². The van der Waals surface area contributed by atoms with Crippen molar-refractivity contribution in [3.05, 3.63) is 70.1 Å². The molecule has 2 aromatic rings. The lowest BCUT2D eigenvalue weighted by Crippen LogP contribution is -2.35. The Morgan fingerprint density at radius 2 is 1.69 bits per heavy atom. The van der Waals surface area contributed by atoms with Gasteiger partial charge in [-0.05, 0) is 50.2 Å².